The molecule has 1 amide bonds. The number of ether oxygens (including phenoxy) is 2. The number of pyridine rings is 1. The second kappa shape index (κ2) is 8.88. The number of nitrogens with one attached hydrogen (secondary N) is 2. The molecule has 0 aliphatic heterocycles. The first kappa shape index (κ1) is 23.7. The van der Waals surface area contributed by atoms with E-state index in [1.807, 2.05) is 0 Å². The average molecular weight is 472 g/mol. The van der Waals surface area contributed by atoms with E-state index in [1.54, 1.807) is 0 Å². The maximum Gasteiger partial charge on any atom is 0.458 e. The van der Waals surface area contributed by atoms with E-state index in [-0.39, 0.29) is 17.2 Å². The van der Waals surface area contributed by atoms with Gasteiger partial charge in [-0.25, -0.2) is 4.39 Å². The molecule has 1 aromatic heterocycles. The molecule has 0 aliphatic carbocycles. The summed E-state index contributed by atoms with van der Waals surface area (Å²) in [6.45, 7) is 0. The van der Waals surface area contributed by atoms with Crippen LogP contribution in [-0.4, -0.2) is 24.2 Å². The van der Waals surface area contributed by atoms with Crippen molar-refractivity contribution in [1.82, 2.24) is 4.98 Å². The first-order valence-corrected chi connectivity index (χ1v) is 9.03. The fraction of sp³-hybridized carbons (Fsp3) is 0.143. The third-order valence-corrected chi connectivity index (χ3v) is 4.32. The molecule has 0 bridgehead atoms. The van der Waals surface area contributed by atoms with Gasteiger partial charge in [-0.3, -0.25) is 9.59 Å². The molecule has 2 aromatic carbocycles. The van der Waals surface area contributed by atoms with Crippen molar-refractivity contribution in [3.05, 3.63) is 82.0 Å². The van der Waals surface area contributed by atoms with Crippen molar-refractivity contribution in [1.29, 1.82) is 0 Å². The van der Waals surface area contributed by atoms with Gasteiger partial charge in [0.2, 0.25) is 5.56 Å². The standard InChI is InChI=1S/C21H14F6N2O4/c1-32-17-9-12(22)3-5-15(17)33-16-8-11(20(23,24)21(25,26)27)2-4-14(16)19(31)29-13-6-7-28-18(30)10-13/h2-10H,1H3,(H2,28,29,30,31). The topological polar surface area (TPSA) is 80.4 Å². The van der Waals surface area contributed by atoms with Gasteiger partial charge in [0.15, 0.2) is 11.5 Å². The molecule has 0 radical (unpaired) electrons. The third kappa shape index (κ3) is 5.10. The van der Waals surface area contributed by atoms with Crippen LogP contribution in [0.1, 0.15) is 15.9 Å². The van der Waals surface area contributed by atoms with E-state index < -0.39 is 46.3 Å². The number of alkyl halides is 5. The lowest BCUT2D eigenvalue weighted by atomic mass is 10.0. The monoisotopic (exact) mass is 472 g/mol. The highest BCUT2D eigenvalue weighted by Gasteiger charge is 2.58. The fourth-order valence-corrected chi connectivity index (χ4v) is 2.72. The number of methoxy groups -OCH3 is 1. The number of aromatic nitrogens is 1. The van der Waals surface area contributed by atoms with E-state index in [4.69, 9.17) is 9.47 Å². The minimum atomic E-state index is -5.91. The number of aromatic amines is 1. The molecule has 0 saturated carbocycles. The first-order chi connectivity index (χ1) is 15.4. The van der Waals surface area contributed by atoms with Crippen LogP contribution in [0.4, 0.5) is 32.0 Å². The van der Waals surface area contributed by atoms with Gasteiger partial charge in [-0.05, 0) is 30.3 Å². The Labute approximate surface area is 181 Å². The first-order valence-electron chi connectivity index (χ1n) is 9.03. The number of anilines is 1. The molecule has 0 aliphatic rings. The zero-order valence-electron chi connectivity index (χ0n) is 16.6. The largest absolute Gasteiger partial charge is 0.493 e. The molecule has 3 aromatic rings. The Morgan fingerprint density at radius 1 is 0.939 bits per heavy atom. The lowest BCUT2D eigenvalue weighted by Crippen LogP contribution is -2.33. The molecule has 2 N–H and O–H groups in total. The summed E-state index contributed by atoms with van der Waals surface area (Å²) in [6, 6.07) is 6.69. The summed E-state index contributed by atoms with van der Waals surface area (Å²) in [5, 5.41) is 2.31. The molecule has 1 heterocycles. The highest BCUT2D eigenvalue weighted by atomic mass is 19.4. The zero-order valence-corrected chi connectivity index (χ0v) is 16.6. The Balaban J connectivity index is 2.08. The van der Waals surface area contributed by atoms with Crippen molar-refractivity contribution < 1.29 is 40.6 Å². The molecule has 0 fully saturated rings. The van der Waals surface area contributed by atoms with Gasteiger partial charge in [-0.1, -0.05) is 6.07 Å². The number of carbonyl (C=O) groups excluding carboxylic acids is 1. The molecular weight excluding hydrogens is 458 g/mol. The second-order valence-electron chi connectivity index (χ2n) is 6.58. The van der Waals surface area contributed by atoms with Gasteiger partial charge in [0, 0.05) is 29.6 Å². The molecule has 33 heavy (non-hydrogen) atoms. The molecular formula is C21H14F6N2O4. The van der Waals surface area contributed by atoms with Crippen molar-refractivity contribution >= 4 is 11.6 Å². The van der Waals surface area contributed by atoms with E-state index in [0.29, 0.717) is 18.2 Å². The Morgan fingerprint density at radius 2 is 1.67 bits per heavy atom. The fourth-order valence-electron chi connectivity index (χ4n) is 2.72. The average Bonchev–Trinajstić information content (AvgIpc) is 2.74. The lowest BCUT2D eigenvalue weighted by molar-refractivity contribution is -0.289. The van der Waals surface area contributed by atoms with Crippen molar-refractivity contribution in [3.8, 4) is 17.2 Å². The quantitative estimate of drug-likeness (QED) is 0.482. The normalized spacial score (nSPS) is 11.7. The van der Waals surface area contributed by atoms with Crippen LogP contribution in [0.3, 0.4) is 0 Å². The summed E-state index contributed by atoms with van der Waals surface area (Å²) in [7, 11) is 1.15. The Bertz CT molecular complexity index is 1240. The third-order valence-electron chi connectivity index (χ3n) is 4.32. The van der Waals surface area contributed by atoms with Crippen LogP contribution in [0, 0.1) is 5.82 Å². The summed E-state index contributed by atoms with van der Waals surface area (Å²) in [4.78, 5) is 26.4. The summed E-state index contributed by atoms with van der Waals surface area (Å²) in [5.41, 5.74) is -2.46. The maximum atomic E-state index is 13.9. The Morgan fingerprint density at radius 3 is 2.30 bits per heavy atom. The van der Waals surface area contributed by atoms with Crippen LogP contribution in [-0.2, 0) is 5.92 Å². The second-order valence-corrected chi connectivity index (χ2v) is 6.58. The Kier molecular flexibility index (Phi) is 6.38. The van der Waals surface area contributed by atoms with Gasteiger partial charge in [-0.15, -0.1) is 0 Å². The molecule has 12 heteroatoms. The molecule has 0 saturated heterocycles. The minimum absolute atomic E-state index is 0.0266. The van der Waals surface area contributed by atoms with E-state index >= 15 is 0 Å². The summed E-state index contributed by atoms with van der Waals surface area (Å²) in [6.07, 6.45) is -4.68. The summed E-state index contributed by atoms with van der Waals surface area (Å²) < 4.78 is 90.2. The highest BCUT2D eigenvalue weighted by molar-refractivity contribution is 6.06. The number of hydrogen-bond acceptors (Lipinski definition) is 4. The van der Waals surface area contributed by atoms with E-state index in [2.05, 4.69) is 10.3 Å². The van der Waals surface area contributed by atoms with Crippen LogP contribution < -0.4 is 20.3 Å². The molecule has 0 unspecified atom stereocenters. The number of amides is 1. The van der Waals surface area contributed by atoms with Crippen molar-refractivity contribution in [2.45, 2.75) is 12.1 Å². The number of halogens is 6. The molecule has 0 atom stereocenters. The molecule has 0 spiro atoms. The smallest absolute Gasteiger partial charge is 0.458 e. The molecule has 3 rings (SSSR count). The predicted molar refractivity (Wildman–Crippen MR) is 104 cm³/mol. The van der Waals surface area contributed by atoms with Crippen molar-refractivity contribution in [3.63, 3.8) is 0 Å². The number of rotatable bonds is 6. The van der Waals surface area contributed by atoms with Gasteiger partial charge in [0.05, 0.1) is 12.7 Å². The van der Waals surface area contributed by atoms with Gasteiger partial charge >= 0.3 is 12.1 Å². The van der Waals surface area contributed by atoms with Crippen LogP contribution in [0.25, 0.3) is 0 Å². The van der Waals surface area contributed by atoms with Gasteiger partial charge in [0.25, 0.3) is 5.91 Å². The number of H-pyrrole nitrogens is 1. The van der Waals surface area contributed by atoms with E-state index in [1.165, 1.54) is 12.3 Å². The van der Waals surface area contributed by atoms with Gasteiger partial charge in [0.1, 0.15) is 11.6 Å². The van der Waals surface area contributed by atoms with E-state index in [0.717, 1.165) is 31.4 Å². The van der Waals surface area contributed by atoms with Crippen LogP contribution in [0.5, 0.6) is 17.2 Å². The van der Waals surface area contributed by atoms with E-state index in [9.17, 15) is 35.9 Å². The number of benzene rings is 2. The van der Waals surface area contributed by atoms with Crippen molar-refractivity contribution in [2.24, 2.45) is 0 Å². The number of hydrogen-bond donors (Lipinski definition) is 2. The molecule has 6 nitrogen and oxygen atoms in total. The van der Waals surface area contributed by atoms with Gasteiger partial charge < -0.3 is 19.8 Å². The zero-order chi connectivity index (χ0) is 24.4. The summed E-state index contributed by atoms with van der Waals surface area (Å²) >= 11 is 0. The lowest BCUT2D eigenvalue weighted by Gasteiger charge is -2.21. The van der Waals surface area contributed by atoms with Gasteiger partial charge in [-0.2, -0.15) is 22.0 Å². The predicted octanol–water partition coefficient (Wildman–Crippen LogP) is 5.22. The Hall–Kier alpha value is -3.96. The SMILES string of the molecule is COc1cc(F)ccc1Oc1cc(C(F)(F)C(F)(F)F)ccc1C(=O)Nc1cc[nH]c(=O)c1. The van der Waals surface area contributed by atoms with Crippen LogP contribution in [0.15, 0.2) is 59.5 Å². The van der Waals surface area contributed by atoms with Crippen molar-refractivity contribution in [2.75, 3.05) is 12.4 Å². The number of carbonyl (C=O) groups is 1. The van der Waals surface area contributed by atoms with Crippen LogP contribution in [0.2, 0.25) is 0 Å². The van der Waals surface area contributed by atoms with Crippen LogP contribution >= 0.6 is 0 Å². The minimum Gasteiger partial charge on any atom is -0.493 e. The molecule has 174 valence electrons. The summed E-state index contributed by atoms with van der Waals surface area (Å²) in [5.74, 6) is -8.11. The maximum absolute atomic E-state index is 13.9. The highest BCUT2D eigenvalue weighted by Crippen LogP contribution is 2.45.